The number of likely N-dealkylation sites (tertiary alicyclic amines) is 1. The van der Waals surface area contributed by atoms with Crippen LogP contribution in [-0.2, 0) is 0 Å². The Morgan fingerprint density at radius 3 is 2.81 bits per heavy atom. The number of rotatable bonds is 5. The summed E-state index contributed by atoms with van der Waals surface area (Å²) in [6.07, 6.45) is 4.18. The number of nitrogens with zero attached hydrogens (tertiary/aromatic N) is 2. The molecule has 2 N–H and O–H groups in total. The van der Waals surface area contributed by atoms with Crippen molar-refractivity contribution in [3.8, 4) is 11.5 Å². The van der Waals surface area contributed by atoms with E-state index in [2.05, 4.69) is 16.9 Å². The number of carbonyl (C=O) groups is 1. The molecule has 6 nitrogen and oxygen atoms in total. The maximum Gasteiger partial charge on any atom is 0.252 e. The normalized spacial score (nSPS) is 25.1. The monoisotopic (exact) mass is 369 g/mol. The number of pyridine rings is 1. The summed E-state index contributed by atoms with van der Waals surface area (Å²) in [6, 6.07) is 5.44. The van der Waals surface area contributed by atoms with Gasteiger partial charge >= 0.3 is 0 Å². The Morgan fingerprint density at radius 2 is 2.07 bits per heavy atom. The number of carbonyl (C=O) groups excluding carboxylic acids is 1. The second-order valence-electron chi connectivity index (χ2n) is 8.08. The van der Waals surface area contributed by atoms with E-state index in [9.17, 15) is 4.79 Å². The second-order valence-corrected chi connectivity index (χ2v) is 8.08. The third kappa shape index (κ3) is 3.46. The highest BCUT2D eigenvalue weighted by Crippen LogP contribution is 2.41. The number of benzene rings is 1. The zero-order valence-corrected chi connectivity index (χ0v) is 16.1. The smallest absolute Gasteiger partial charge is 0.252 e. The van der Waals surface area contributed by atoms with E-state index in [-0.39, 0.29) is 12.2 Å². The highest BCUT2D eigenvalue weighted by atomic mass is 16.5. The molecule has 2 fully saturated rings. The van der Waals surface area contributed by atoms with Crippen LogP contribution in [0.2, 0.25) is 0 Å². The second kappa shape index (κ2) is 7.00. The van der Waals surface area contributed by atoms with E-state index in [0.29, 0.717) is 22.7 Å². The Bertz CT molecular complexity index is 867. The van der Waals surface area contributed by atoms with Gasteiger partial charge in [0.2, 0.25) is 0 Å². The molecule has 27 heavy (non-hydrogen) atoms. The van der Waals surface area contributed by atoms with Crippen LogP contribution in [0.4, 0.5) is 0 Å². The molecule has 4 rings (SSSR count). The summed E-state index contributed by atoms with van der Waals surface area (Å²) in [5.41, 5.74) is 6.58. The first-order valence-corrected chi connectivity index (χ1v) is 9.66. The van der Waals surface area contributed by atoms with Gasteiger partial charge in [0.1, 0.15) is 17.6 Å². The van der Waals surface area contributed by atoms with Crippen molar-refractivity contribution in [3.63, 3.8) is 0 Å². The summed E-state index contributed by atoms with van der Waals surface area (Å²) in [4.78, 5) is 18.6. The van der Waals surface area contributed by atoms with Crippen LogP contribution in [0.25, 0.3) is 10.9 Å². The van der Waals surface area contributed by atoms with Crippen molar-refractivity contribution in [2.24, 2.45) is 17.6 Å². The minimum atomic E-state index is -0.520. The van der Waals surface area contributed by atoms with Crippen molar-refractivity contribution >= 4 is 16.8 Å². The molecule has 1 amide bonds. The summed E-state index contributed by atoms with van der Waals surface area (Å²) in [7, 11) is 2.18. The molecule has 0 radical (unpaired) electrons. The maximum absolute atomic E-state index is 11.8. The summed E-state index contributed by atoms with van der Waals surface area (Å²) < 4.78 is 12.3. The molecule has 1 saturated heterocycles. The number of nitrogens with two attached hydrogens (primary N) is 1. The number of amides is 1. The predicted octanol–water partition coefficient (Wildman–Crippen LogP) is 2.84. The van der Waals surface area contributed by atoms with Gasteiger partial charge in [-0.05, 0) is 57.9 Å². The van der Waals surface area contributed by atoms with Crippen LogP contribution in [0.5, 0.6) is 11.5 Å². The first-order valence-electron chi connectivity index (χ1n) is 9.66. The van der Waals surface area contributed by atoms with Crippen molar-refractivity contribution in [3.05, 3.63) is 30.0 Å². The number of hydrogen-bond donors (Lipinski definition) is 1. The minimum Gasteiger partial charge on any atom is -0.490 e. The zero-order chi connectivity index (χ0) is 19.1. The average Bonchev–Trinajstić information content (AvgIpc) is 3.14. The molecule has 3 atom stereocenters. The lowest BCUT2D eigenvalue weighted by Crippen LogP contribution is -2.27. The molecule has 2 aromatic rings. The van der Waals surface area contributed by atoms with Gasteiger partial charge in [0, 0.05) is 30.6 Å². The van der Waals surface area contributed by atoms with E-state index in [1.165, 1.54) is 6.42 Å². The molecule has 2 aliphatic rings. The van der Waals surface area contributed by atoms with Crippen LogP contribution >= 0.6 is 0 Å². The third-order valence-electron chi connectivity index (χ3n) is 5.68. The summed E-state index contributed by atoms with van der Waals surface area (Å²) >= 11 is 0. The lowest BCUT2D eigenvalue weighted by Gasteiger charge is -2.22. The lowest BCUT2D eigenvalue weighted by molar-refractivity contribution is 0.0994. The Labute approximate surface area is 159 Å². The molecule has 144 valence electrons. The number of hydrogen-bond acceptors (Lipinski definition) is 5. The van der Waals surface area contributed by atoms with Gasteiger partial charge < -0.3 is 20.1 Å². The third-order valence-corrected chi connectivity index (χ3v) is 5.68. The van der Waals surface area contributed by atoms with E-state index in [1.807, 2.05) is 26.0 Å². The summed E-state index contributed by atoms with van der Waals surface area (Å²) in [5.74, 6) is 2.06. The van der Waals surface area contributed by atoms with Gasteiger partial charge in [0.05, 0.1) is 17.2 Å². The fraction of sp³-hybridized carbons (Fsp3) is 0.524. The first-order chi connectivity index (χ1) is 12.9. The summed E-state index contributed by atoms with van der Waals surface area (Å²) in [5, 5.41) is 0.855. The Hall–Kier alpha value is -2.34. The van der Waals surface area contributed by atoms with Gasteiger partial charge in [-0.3, -0.25) is 9.78 Å². The van der Waals surface area contributed by atoms with Crippen LogP contribution in [-0.4, -0.2) is 48.1 Å². The largest absolute Gasteiger partial charge is 0.490 e. The van der Waals surface area contributed by atoms with Crippen molar-refractivity contribution in [2.75, 3.05) is 20.1 Å². The van der Waals surface area contributed by atoms with Gasteiger partial charge in [0.15, 0.2) is 0 Å². The Kier molecular flexibility index (Phi) is 4.68. The van der Waals surface area contributed by atoms with E-state index in [4.69, 9.17) is 15.2 Å². The molecule has 2 unspecified atom stereocenters. The molecule has 1 saturated carbocycles. The number of aromatic nitrogens is 1. The van der Waals surface area contributed by atoms with Gasteiger partial charge in [-0.15, -0.1) is 0 Å². The molecule has 1 aromatic carbocycles. The minimum absolute atomic E-state index is 0.0637. The van der Waals surface area contributed by atoms with Crippen LogP contribution in [0, 0.1) is 11.8 Å². The van der Waals surface area contributed by atoms with Crippen LogP contribution in [0.1, 0.15) is 37.0 Å². The molecular formula is C21H27N3O3. The van der Waals surface area contributed by atoms with E-state index >= 15 is 0 Å². The molecule has 1 aromatic heterocycles. The van der Waals surface area contributed by atoms with Gasteiger partial charge in [-0.1, -0.05) is 0 Å². The molecule has 0 spiro atoms. The molecule has 1 aliphatic heterocycles. The maximum atomic E-state index is 11.8. The quantitative estimate of drug-likeness (QED) is 0.877. The molecule has 2 heterocycles. The number of primary amides is 1. The lowest BCUT2D eigenvalue weighted by atomic mass is 9.99. The van der Waals surface area contributed by atoms with Crippen LogP contribution in [0.15, 0.2) is 24.4 Å². The zero-order valence-electron chi connectivity index (χ0n) is 16.1. The Morgan fingerprint density at radius 1 is 1.26 bits per heavy atom. The fourth-order valence-corrected chi connectivity index (χ4v) is 4.54. The number of fused-ring (bicyclic) bond motifs is 2. The van der Waals surface area contributed by atoms with E-state index in [1.54, 1.807) is 12.3 Å². The SMILES string of the molecule is CC(C)Oc1cc2c(OC3CC[C@@H]4CN(C)CC34)ccnc2cc1C(N)=O. The van der Waals surface area contributed by atoms with E-state index < -0.39 is 5.91 Å². The van der Waals surface area contributed by atoms with Crippen molar-refractivity contribution in [2.45, 2.75) is 38.9 Å². The highest BCUT2D eigenvalue weighted by molar-refractivity contribution is 6.01. The highest BCUT2D eigenvalue weighted by Gasteiger charge is 2.42. The van der Waals surface area contributed by atoms with Crippen molar-refractivity contribution in [1.29, 1.82) is 0 Å². The van der Waals surface area contributed by atoms with E-state index in [0.717, 1.165) is 36.6 Å². The number of ether oxygens (including phenoxy) is 2. The first kappa shape index (κ1) is 18.0. The average molecular weight is 369 g/mol. The van der Waals surface area contributed by atoms with Crippen molar-refractivity contribution in [1.82, 2.24) is 9.88 Å². The van der Waals surface area contributed by atoms with Gasteiger partial charge in [-0.25, -0.2) is 0 Å². The van der Waals surface area contributed by atoms with Gasteiger partial charge in [-0.2, -0.15) is 0 Å². The fourth-order valence-electron chi connectivity index (χ4n) is 4.54. The summed E-state index contributed by atoms with van der Waals surface area (Å²) in [6.45, 7) is 6.09. The molecule has 6 heteroatoms. The Balaban J connectivity index is 1.69. The molecule has 0 bridgehead atoms. The molecule has 1 aliphatic carbocycles. The van der Waals surface area contributed by atoms with Crippen LogP contribution in [0.3, 0.4) is 0 Å². The van der Waals surface area contributed by atoms with Crippen molar-refractivity contribution < 1.29 is 14.3 Å². The van der Waals surface area contributed by atoms with Gasteiger partial charge in [0.25, 0.3) is 5.91 Å². The topological polar surface area (TPSA) is 77.7 Å². The standard InChI is InChI=1S/C21H27N3O3/c1-12(2)26-20-9-14-17(8-15(20)21(22)25)23-7-6-19(14)27-18-5-4-13-10-24(3)11-16(13)18/h6-9,12-13,16,18H,4-5,10-11H2,1-3H3,(H2,22,25)/t13-,16?,18?/m1/s1. The predicted molar refractivity (Wildman–Crippen MR) is 104 cm³/mol. The van der Waals surface area contributed by atoms with Crippen LogP contribution < -0.4 is 15.2 Å². The molecular weight excluding hydrogens is 342 g/mol.